The Hall–Kier alpha value is -1.84. The molecule has 21 heavy (non-hydrogen) atoms. The summed E-state index contributed by atoms with van der Waals surface area (Å²) in [5, 5.41) is 0. The summed E-state index contributed by atoms with van der Waals surface area (Å²) in [6, 6.07) is 9.35. The van der Waals surface area contributed by atoms with Gasteiger partial charge in [0.2, 0.25) is 0 Å². The molecule has 0 saturated heterocycles. The van der Waals surface area contributed by atoms with E-state index in [2.05, 4.69) is 0 Å². The van der Waals surface area contributed by atoms with Crippen LogP contribution in [0, 0.1) is 5.92 Å². The first-order valence-electron chi connectivity index (χ1n) is 7.53. The van der Waals surface area contributed by atoms with Crippen LogP contribution in [0.5, 0.6) is 0 Å². The Labute approximate surface area is 125 Å². The summed E-state index contributed by atoms with van der Waals surface area (Å²) in [7, 11) is 1.34. The number of methoxy groups -OCH3 is 1. The van der Waals surface area contributed by atoms with Gasteiger partial charge in [-0.15, -0.1) is 0 Å². The molecule has 1 aromatic carbocycles. The van der Waals surface area contributed by atoms with E-state index in [0.29, 0.717) is 0 Å². The zero-order chi connectivity index (χ0) is 15.1. The Morgan fingerprint density at radius 3 is 2.43 bits per heavy atom. The Bertz CT molecular complexity index is 463. The smallest absolute Gasteiger partial charge is 0.309 e. The molecule has 0 N–H and O–H groups in total. The van der Waals surface area contributed by atoms with Gasteiger partial charge in [-0.25, -0.2) is 0 Å². The van der Waals surface area contributed by atoms with Gasteiger partial charge >= 0.3 is 11.9 Å². The molecule has 0 aromatic heterocycles. The van der Waals surface area contributed by atoms with Crippen molar-refractivity contribution in [1.82, 2.24) is 0 Å². The lowest BCUT2D eigenvalue weighted by Gasteiger charge is -2.24. The normalized spacial score (nSPS) is 17.0. The van der Waals surface area contributed by atoms with E-state index in [4.69, 9.17) is 9.47 Å². The monoisotopic (exact) mass is 290 g/mol. The maximum absolute atomic E-state index is 12.3. The fraction of sp³-hybridized carbons (Fsp3) is 0.529. The molecule has 1 atom stereocenters. The third-order valence-electron chi connectivity index (χ3n) is 3.95. The van der Waals surface area contributed by atoms with Gasteiger partial charge in [0.05, 0.1) is 19.4 Å². The van der Waals surface area contributed by atoms with Crippen LogP contribution in [0.4, 0.5) is 0 Å². The lowest BCUT2D eigenvalue weighted by molar-refractivity contribution is -0.159. The first-order valence-corrected chi connectivity index (χ1v) is 7.53. The Kier molecular flexibility index (Phi) is 5.78. The summed E-state index contributed by atoms with van der Waals surface area (Å²) in [5.41, 5.74) is 0.826. The number of benzene rings is 1. The van der Waals surface area contributed by atoms with E-state index in [-0.39, 0.29) is 24.3 Å². The van der Waals surface area contributed by atoms with Gasteiger partial charge in [-0.3, -0.25) is 9.59 Å². The van der Waals surface area contributed by atoms with Gasteiger partial charge in [-0.2, -0.15) is 0 Å². The zero-order valence-electron chi connectivity index (χ0n) is 12.4. The van der Waals surface area contributed by atoms with Crippen molar-refractivity contribution in [3.63, 3.8) is 0 Å². The van der Waals surface area contributed by atoms with Crippen molar-refractivity contribution >= 4 is 11.9 Å². The molecule has 4 nitrogen and oxygen atoms in total. The fourth-order valence-electron chi connectivity index (χ4n) is 2.70. The second kappa shape index (κ2) is 7.81. The second-order valence-electron chi connectivity index (χ2n) is 5.45. The number of ether oxygens (including phenoxy) is 2. The molecule has 0 radical (unpaired) electrons. The average molecular weight is 290 g/mol. The highest BCUT2D eigenvalue weighted by Crippen LogP contribution is 2.29. The van der Waals surface area contributed by atoms with Crippen molar-refractivity contribution in [3.05, 3.63) is 35.9 Å². The molecule has 1 aliphatic carbocycles. The highest BCUT2D eigenvalue weighted by Gasteiger charge is 2.27. The molecule has 1 aliphatic rings. The molecule has 1 fully saturated rings. The van der Waals surface area contributed by atoms with Gasteiger partial charge in [0.15, 0.2) is 0 Å². The van der Waals surface area contributed by atoms with Crippen LogP contribution in [-0.2, 0) is 19.1 Å². The van der Waals surface area contributed by atoms with Gasteiger partial charge in [-0.05, 0) is 18.4 Å². The average Bonchev–Trinajstić information content (AvgIpc) is 2.55. The number of rotatable bonds is 5. The third kappa shape index (κ3) is 4.59. The van der Waals surface area contributed by atoms with E-state index in [1.165, 1.54) is 13.5 Å². The Morgan fingerprint density at radius 2 is 1.81 bits per heavy atom. The molecular formula is C17H22O4. The van der Waals surface area contributed by atoms with E-state index >= 15 is 0 Å². The van der Waals surface area contributed by atoms with Gasteiger partial charge in [0, 0.05) is 0 Å². The number of hydrogen-bond acceptors (Lipinski definition) is 4. The first-order chi connectivity index (χ1) is 10.2. The number of carbonyl (C=O) groups is 2. The van der Waals surface area contributed by atoms with Crippen LogP contribution in [0.3, 0.4) is 0 Å². The molecular weight excluding hydrogens is 268 g/mol. The van der Waals surface area contributed by atoms with Crippen molar-refractivity contribution in [1.29, 1.82) is 0 Å². The highest BCUT2D eigenvalue weighted by atomic mass is 16.6. The molecule has 1 aromatic rings. The van der Waals surface area contributed by atoms with Gasteiger partial charge in [-0.1, -0.05) is 49.6 Å². The molecule has 0 amide bonds. The van der Waals surface area contributed by atoms with Gasteiger partial charge in [0.25, 0.3) is 0 Å². The van der Waals surface area contributed by atoms with E-state index < -0.39 is 6.10 Å². The summed E-state index contributed by atoms with van der Waals surface area (Å²) in [6.07, 6.45) is 4.61. The molecule has 1 saturated carbocycles. The topological polar surface area (TPSA) is 52.6 Å². The van der Waals surface area contributed by atoms with Crippen LogP contribution < -0.4 is 0 Å². The molecule has 4 heteroatoms. The molecule has 0 aliphatic heterocycles. The van der Waals surface area contributed by atoms with E-state index in [1.54, 1.807) is 0 Å². The number of hydrogen-bond donors (Lipinski definition) is 0. The van der Waals surface area contributed by atoms with Crippen LogP contribution >= 0.6 is 0 Å². The molecule has 114 valence electrons. The minimum atomic E-state index is -0.562. The lowest BCUT2D eigenvalue weighted by Crippen LogP contribution is -2.24. The van der Waals surface area contributed by atoms with Crippen LogP contribution in [0.2, 0.25) is 0 Å². The Morgan fingerprint density at radius 1 is 1.14 bits per heavy atom. The van der Waals surface area contributed by atoms with Crippen LogP contribution in [0.1, 0.15) is 50.2 Å². The summed E-state index contributed by atoms with van der Waals surface area (Å²) < 4.78 is 10.3. The van der Waals surface area contributed by atoms with Crippen LogP contribution in [0.15, 0.2) is 30.3 Å². The van der Waals surface area contributed by atoms with Crippen LogP contribution in [-0.4, -0.2) is 19.0 Å². The minimum Gasteiger partial charge on any atom is -0.469 e. The van der Waals surface area contributed by atoms with Crippen molar-refractivity contribution in [3.8, 4) is 0 Å². The standard InChI is InChI=1S/C17H22O4/c1-20-16(18)12-15(13-8-4-2-5-9-13)21-17(19)14-10-6-3-7-11-14/h2,4-5,8-9,14-15H,3,6-7,10-12H2,1H3. The first kappa shape index (κ1) is 15.5. The van der Waals surface area contributed by atoms with Crippen molar-refractivity contribution in [2.45, 2.75) is 44.6 Å². The lowest BCUT2D eigenvalue weighted by atomic mass is 9.89. The van der Waals surface area contributed by atoms with Crippen molar-refractivity contribution in [2.75, 3.05) is 7.11 Å². The van der Waals surface area contributed by atoms with E-state index in [1.807, 2.05) is 30.3 Å². The predicted molar refractivity (Wildman–Crippen MR) is 78.5 cm³/mol. The van der Waals surface area contributed by atoms with E-state index in [0.717, 1.165) is 31.2 Å². The quantitative estimate of drug-likeness (QED) is 0.780. The molecule has 1 unspecified atom stereocenters. The largest absolute Gasteiger partial charge is 0.469 e. The number of esters is 2. The number of carbonyl (C=O) groups excluding carboxylic acids is 2. The van der Waals surface area contributed by atoms with Crippen LogP contribution in [0.25, 0.3) is 0 Å². The molecule has 0 bridgehead atoms. The van der Waals surface area contributed by atoms with Crippen molar-refractivity contribution in [2.24, 2.45) is 5.92 Å². The summed E-state index contributed by atoms with van der Waals surface area (Å²) in [5.74, 6) is -0.588. The summed E-state index contributed by atoms with van der Waals surface area (Å²) in [6.45, 7) is 0. The van der Waals surface area contributed by atoms with Gasteiger partial charge < -0.3 is 9.47 Å². The predicted octanol–water partition coefficient (Wildman–Crippen LogP) is 3.41. The third-order valence-corrected chi connectivity index (χ3v) is 3.95. The van der Waals surface area contributed by atoms with Crippen molar-refractivity contribution < 1.29 is 19.1 Å². The molecule has 0 heterocycles. The maximum atomic E-state index is 12.3. The fourth-order valence-corrected chi connectivity index (χ4v) is 2.70. The van der Waals surface area contributed by atoms with Gasteiger partial charge in [0.1, 0.15) is 6.10 Å². The maximum Gasteiger partial charge on any atom is 0.309 e. The minimum absolute atomic E-state index is 0.0254. The Balaban J connectivity index is 2.04. The second-order valence-corrected chi connectivity index (χ2v) is 5.45. The summed E-state index contributed by atoms with van der Waals surface area (Å²) in [4.78, 5) is 23.8. The molecule has 0 spiro atoms. The zero-order valence-corrected chi connectivity index (χ0v) is 12.4. The highest BCUT2D eigenvalue weighted by molar-refractivity contribution is 5.74. The summed E-state index contributed by atoms with van der Waals surface area (Å²) >= 11 is 0. The molecule has 2 rings (SSSR count). The van der Waals surface area contributed by atoms with E-state index in [9.17, 15) is 9.59 Å². The SMILES string of the molecule is COC(=O)CC(OC(=O)C1CCCCC1)c1ccccc1.